The Balaban J connectivity index is 1.83. The molecule has 30 heavy (non-hydrogen) atoms. The molecule has 6 nitrogen and oxygen atoms in total. The molecule has 2 heterocycles. The second-order valence-corrected chi connectivity index (χ2v) is 7.82. The molecule has 0 fully saturated rings. The number of rotatable bonds is 6. The van der Waals surface area contributed by atoms with Crippen LogP contribution in [-0.2, 0) is 13.1 Å². The van der Waals surface area contributed by atoms with Crippen molar-refractivity contribution >= 4 is 0 Å². The van der Waals surface area contributed by atoms with Gasteiger partial charge in [-0.15, -0.1) is 10.2 Å². The van der Waals surface area contributed by atoms with Gasteiger partial charge in [-0.05, 0) is 12.8 Å². The Morgan fingerprint density at radius 2 is 1.00 bits per heavy atom. The molecule has 1 aliphatic carbocycles. The van der Waals surface area contributed by atoms with Gasteiger partial charge in [-0.1, -0.05) is 85.6 Å². The predicted octanol–water partition coefficient (Wildman–Crippen LogP) is 5.45. The monoisotopic (exact) mass is 398 g/mol. The lowest BCUT2D eigenvalue weighted by Gasteiger charge is -2.18. The van der Waals surface area contributed by atoms with Crippen LogP contribution in [0.4, 0.5) is 0 Å². The van der Waals surface area contributed by atoms with Crippen molar-refractivity contribution in [3.05, 3.63) is 48.5 Å². The van der Waals surface area contributed by atoms with Crippen LogP contribution in [0.3, 0.4) is 0 Å². The minimum atomic E-state index is 0.853. The molecular formula is C24H26N6. The van der Waals surface area contributed by atoms with Crippen LogP contribution in [0.25, 0.3) is 45.0 Å². The number of unbranched alkanes of at least 4 members (excludes halogenated alkanes) is 2. The second-order valence-electron chi connectivity index (χ2n) is 7.82. The molecule has 0 saturated heterocycles. The topological polar surface area (TPSA) is 61.4 Å². The van der Waals surface area contributed by atoms with Crippen LogP contribution in [0.15, 0.2) is 48.5 Å². The molecule has 0 N–H and O–H groups in total. The average Bonchev–Trinajstić information content (AvgIpc) is 3.39. The number of aromatic nitrogens is 6. The highest BCUT2D eigenvalue weighted by Crippen LogP contribution is 2.45. The van der Waals surface area contributed by atoms with Crippen molar-refractivity contribution in [2.24, 2.45) is 0 Å². The third-order valence-corrected chi connectivity index (χ3v) is 5.79. The largest absolute Gasteiger partial charge is 0.244 e. The van der Waals surface area contributed by atoms with E-state index in [4.69, 9.17) is 0 Å². The van der Waals surface area contributed by atoms with Gasteiger partial charge in [-0.25, -0.2) is 9.36 Å². The van der Waals surface area contributed by atoms with Gasteiger partial charge in [0.1, 0.15) is 11.4 Å². The number of benzene rings is 2. The van der Waals surface area contributed by atoms with Gasteiger partial charge >= 0.3 is 0 Å². The van der Waals surface area contributed by atoms with E-state index in [1.54, 1.807) is 0 Å². The molecule has 0 atom stereocenters. The normalized spacial score (nSPS) is 11.8. The molecule has 0 amide bonds. The Kier molecular flexibility index (Phi) is 4.91. The lowest BCUT2D eigenvalue weighted by Crippen LogP contribution is -2.06. The SMILES string of the molecule is CCCCn1nnc2c1-c1ccccc1-c1nnn(CCCC)c1-c1ccccc1-2. The highest BCUT2D eigenvalue weighted by atomic mass is 15.4. The molecule has 2 aromatic carbocycles. The van der Waals surface area contributed by atoms with Crippen LogP contribution in [0, 0.1) is 0 Å². The van der Waals surface area contributed by atoms with Crippen LogP contribution < -0.4 is 0 Å². The first kappa shape index (κ1) is 18.7. The molecule has 0 radical (unpaired) electrons. The van der Waals surface area contributed by atoms with Gasteiger partial charge in [0, 0.05) is 35.3 Å². The van der Waals surface area contributed by atoms with E-state index >= 15 is 0 Å². The number of hydrogen-bond donors (Lipinski definition) is 0. The van der Waals surface area contributed by atoms with Crippen LogP contribution in [-0.4, -0.2) is 30.0 Å². The fourth-order valence-electron chi connectivity index (χ4n) is 4.24. The summed E-state index contributed by atoms with van der Waals surface area (Å²) in [7, 11) is 0. The van der Waals surface area contributed by atoms with Crippen molar-refractivity contribution in [1.29, 1.82) is 0 Å². The summed E-state index contributed by atoms with van der Waals surface area (Å²) >= 11 is 0. The fraction of sp³-hybridized carbons (Fsp3) is 0.333. The summed E-state index contributed by atoms with van der Waals surface area (Å²) in [6.45, 7) is 6.10. The summed E-state index contributed by atoms with van der Waals surface area (Å²) in [6, 6.07) is 16.9. The van der Waals surface area contributed by atoms with Gasteiger partial charge in [-0.2, -0.15) is 0 Å². The summed E-state index contributed by atoms with van der Waals surface area (Å²) in [6.07, 6.45) is 4.36. The van der Waals surface area contributed by atoms with Crippen molar-refractivity contribution in [3.8, 4) is 45.0 Å². The third kappa shape index (κ3) is 2.95. The molecule has 0 bridgehead atoms. The zero-order chi connectivity index (χ0) is 20.5. The summed E-state index contributed by atoms with van der Waals surface area (Å²) in [5, 5.41) is 18.4. The molecule has 6 heteroatoms. The molecule has 2 aromatic heterocycles. The van der Waals surface area contributed by atoms with Crippen molar-refractivity contribution in [1.82, 2.24) is 30.0 Å². The van der Waals surface area contributed by atoms with E-state index in [9.17, 15) is 0 Å². The Bertz CT molecular complexity index is 1090. The Morgan fingerprint density at radius 1 is 0.600 bits per heavy atom. The first-order chi connectivity index (χ1) is 14.8. The minimum absolute atomic E-state index is 0.853. The van der Waals surface area contributed by atoms with Gasteiger partial charge in [0.05, 0.1) is 11.4 Å². The van der Waals surface area contributed by atoms with Gasteiger partial charge in [0.25, 0.3) is 0 Å². The van der Waals surface area contributed by atoms with E-state index in [0.717, 1.165) is 83.8 Å². The number of nitrogens with zero attached hydrogens (tertiary/aromatic N) is 6. The summed E-state index contributed by atoms with van der Waals surface area (Å²) in [4.78, 5) is 0. The lowest BCUT2D eigenvalue weighted by molar-refractivity contribution is 0.557. The van der Waals surface area contributed by atoms with Crippen molar-refractivity contribution in [3.63, 3.8) is 0 Å². The third-order valence-electron chi connectivity index (χ3n) is 5.79. The van der Waals surface area contributed by atoms with E-state index in [2.05, 4.69) is 92.4 Å². The molecule has 1 aliphatic rings. The zero-order valence-electron chi connectivity index (χ0n) is 17.5. The molecule has 4 aromatic rings. The van der Waals surface area contributed by atoms with Crippen molar-refractivity contribution in [2.45, 2.75) is 52.6 Å². The van der Waals surface area contributed by atoms with Crippen LogP contribution in [0.5, 0.6) is 0 Å². The zero-order valence-corrected chi connectivity index (χ0v) is 17.5. The van der Waals surface area contributed by atoms with E-state index < -0.39 is 0 Å². The van der Waals surface area contributed by atoms with Crippen LogP contribution >= 0.6 is 0 Å². The molecule has 0 unspecified atom stereocenters. The highest BCUT2D eigenvalue weighted by molar-refractivity contribution is 5.98. The fourth-order valence-corrected chi connectivity index (χ4v) is 4.24. The van der Waals surface area contributed by atoms with E-state index in [0.29, 0.717) is 0 Å². The van der Waals surface area contributed by atoms with Crippen LogP contribution in [0.2, 0.25) is 0 Å². The van der Waals surface area contributed by atoms with Gasteiger partial charge in [0.15, 0.2) is 0 Å². The minimum Gasteiger partial charge on any atom is -0.244 e. The quantitative estimate of drug-likeness (QED) is 0.381. The van der Waals surface area contributed by atoms with Crippen molar-refractivity contribution in [2.75, 3.05) is 0 Å². The molecule has 5 rings (SSSR count). The Labute approximate surface area is 176 Å². The molecular weight excluding hydrogens is 372 g/mol. The lowest BCUT2D eigenvalue weighted by atomic mass is 9.89. The summed E-state index contributed by atoms with van der Waals surface area (Å²) in [5.74, 6) is 0. The van der Waals surface area contributed by atoms with E-state index in [1.807, 2.05) is 0 Å². The van der Waals surface area contributed by atoms with Crippen LogP contribution in [0.1, 0.15) is 39.5 Å². The maximum absolute atomic E-state index is 4.66. The first-order valence-corrected chi connectivity index (χ1v) is 10.9. The second kappa shape index (κ2) is 7.86. The van der Waals surface area contributed by atoms with Gasteiger partial charge < -0.3 is 0 Å². The maximum atomic E-state index is 4.66. The van der Waals surface area contributed by atoms with Gasteiger partial charge in [-0.3, -0.25) is 0 Å². The highest BCUT2D eigenvalue weighted by Gasteiger charge is 2.29. The summed E-state index contributed by atoms with van der Waals surface area (Å²) < 4.78 is 4.11. The standard InChI is InChI=1S/C24H26N6/c1-3-5-15-29-23-19-13-9-7-11-17(19)22-24(30(28-26-22)16-6-4-2)20-14-10-8-12-18(20)21(23)25-27-29/h7-14H,3-6,15-16H2,1-2H3. The number of hydrogen-bond acceptors (Lipinski definition) is 4. The van der Waals surface area contributed by atoms with E-state index in [-0.39, 0.29) is 0 Å². The average molecular weight is 399 g/mol. The number of fused-ring (bicyclic) bond motifs is 8. The van der Waals surface area contributed by atoms with Crippen molar-refractivity contribution < 1.29 is 0 Å². The van der Waals surface area contributed by atoms with Gasteiger partial charge in [0.2, 0.25) is 0 Å². The predicted molar refractivity (Wildman–Crippen MR) is 119 cm³/mol. The Hall–Kier alpha value is -3.28. The van der Waals surface area contributed by atoms with E-state index in [1.165, 1.54) is 0 Å². The molecule has 0 spiro atoms. The Morgan fingerprint density at radius 3 is 1.40 bits per heavy atom. The summed E-state index contributed by atoms with van der Waals surface area (Å²) in [5.41, 5.74) is 8.42. The smallest absolute Gasteiger partial charge is 0.121 e. The first-order valence-electron chi connectivity index (χ1n) is 10.9. The molecule has 0 aliphatic heterocycles. The molecule has 152 valence electrons. The molecule has 0 saturated carbocycles. The maximum Gasteiger partial charge on any atom is 0.121 e. The number of aryl methyl sites for hydroxylation is 2.